The summed E-state index contributed by atoms with van der Waals surface area (Å²) in [6, 6.07) is 2.16. The molecule has 0 bridgehead atoms. The normalized spacial score (nSPS) is 20.9. The van der Waals surface area contributed by atoms with Crippen LogP contribution in [0.3, 0.4) is 0 Å². The Morgan fingerprint density at radius 1 is 1.36 bits per heavy atom. The van der Waals surface area contributed by atoms with Gasteiger partial charge in [-0.25, -0.2) is 0 Å². The van der Waals surface area contributed by atoms with Gasteiger partial charge in [-0.05, 0) is 56.7 Å². The maximum absolute atomic E-state index is 6.11. The first-order valence-corrected chi connectivity index (χ1v) is 6.95. The van der Waals surface area contributed by atoms with Crippen LogP contribution in [0.2, 0.25) is 0 Å². The second-order valence-corrected chi connectivity index (χ2v) is 6.97. The molecule has 2 atom stereocenters. The van der Waals surface area contributed by atoms with Gasteiger partial charge in [0.2, 0.25) is 0 Å². The maximum atomic E-state index is 6.11. The topological polar surface area (TPSA) is 52.0 Å². The molecule has 1 aromatic rings. The van der Waals surface area contributed by atoms with Crippen molar-refractivity contribution in [2.24, 2.45) is 17.4 Å². The lowest BCUT2D eigenvalue weighted by atomic mass is 10.0. The van der Waals surface area contributed by atoms with Gasteiger partial charge >= 0.3 is 0 Å². The summed E-state index contributed by atoms with van der Waals surface area (Å²) in [4.78, 5) is 1.16. The Balaban J connectivity index is 2.13. The molecule has 78 valence electrons. The molecule has 2 rings (SSSR count). The van der Waals surface area contributed by atoms with Crippen molar-refractivity contribution < 1.29 is 0 Å². The first kappa shape index (κ1) is 11.1. The molecule has 0 aliphatic heterocycles. The van der Waals surface area contributed by atoms with Crippen molar-refractivity contribution in [2.75, 3.05) is 0 Å². The lowest BCUT2D eigenvalue weighted by Gasteiger charge is -2.17. The number of rotatable bonds is 3. The van der Waals surface area contributed by atoms with E-state index in [0.29, 0.717) is 5.92 Å². The minimum Gasteiger partial charge on any atom is -0.326 e. The number of thiophene rings is 1. The van der Waals surface area contributed by atoms with E-state index in [4.69, 9.17) is 11.5 Å². The van der Waals surface area contributed by atoms with E-state index >= 15 is 0 Å². The molecule has 5 heteroatoms. The van der Waals surface area contributed by atoms with Crippen LogP contribution in [0.15, 0.2) is 14.3 Å². The van der Waals surface area contributed by atoms with E-state index in [9.17, 15) is 0 Å². The zero-order valence-electron chi connectivity index (χ0n) is 7.54. The molecule has 0 saturated heterocycles. The standard InChI is InChI=1S/C9H12Br2N2S/c10-5-3-6(14-9(5)11)8(13)7(12)4-1-2-4/h3-4,7-8H,1-2,12-13H2/t7-,8-/m0/s1. The molecule has 0 aromatic carbocycles. The van der Waals surface area contributed by atoms with Gasteiger partial charge in [0.25, 0.3) is 0 Å². The molecular formula is C9H12Br2N2S. The Kier molecular flexibility index (Phi) is 3.34. The molecule has 0 amide bonds. The molecule has 1 aliphatic rings. The van der Waals surface area contributed by atoms with Crippen LogP contribution in [-0.2, 0) is 0 Å². The van der Waals surface area contributed by atoms with Crippen molar-refractivity contribution >= 4 is 43.2 Å². The van der Waals surface area contributed by atoms with Crippen molar-refractivity contribution in [3.8, 4) is 0 Å². The highest BCUT2D eigenvalue weighted by molar-refractivity contribution is 9.13. The third kappa shape index (κ3) is 2.22. The van der Waals surface area contributed by atoms with Crippen molar-refractivity contribution in [3.05, 3.63) is 19.2 Å². The SMILES string of the molecule is N[C@@H](c1cc(Br)c(Br)s1)[C@@H](N)C1CC1. The summed E-state index contributed by atoms with van der Waals surface area (Å²) < 4.78 is 2.15. The van der Waals surface area contributed by atoms with E-state index in [1.807, 2.05) is 0 Å². The fraction of sp³-hybridized carbons (Fsp3) is 0.556. The predicted octanol–water partition coefficient (Wildman–Crippen LogP) is 3.01. The first-order valence-electron chi connectivity index (χ1n) is 4.55. The maximum Gasteiger partial charge on any atom is 0.0843 e. The van der Waals surface area contributed by atoms with Crippen LogP contribution in [-0.4, -0.2) is 6.04 Å². The number of hydrogen-bond acceptors (Lipinski definition) is 3. The summed E-state index contributed by atoms with van der Waals surface area (Å²) in [5, 5.41) is 0. The van der Waals surface area contributed by atoms with Crippen molar-refractivity contribution in [1.29, 1.82) is 0 Å². The summed E-state index contributed by atoms with van der Waals surface area (Å²) >= 11 is 8.58. The van der Waals surface area contributed by atoms with Gasteiger partial charge in [0.15, 0.2) is 0 Å². The third-order valence-electron chi connectivity index (χ3n) is 2.57. The van der Waals surface area contributed by atoms with E-state index in [1.54, 1.807) is 11.3 Å². The number of hydrogen-bond donors (Lipinski definition) is 2. The number of halogens is 2. The average molecular weight is 340 g/mol. The Labute approximate surface area is 104 Å². The fourth-order valence-corrected chi connectivity index (χ4v) is 3.64. The quantitative estimate of drug-likeness (QED) is 0.889. The highest BCUT2D eigenvalue weighted by Gasteiger charge is 2.33. The van der Waals surface area contributed by atoms with E-state index < -0.39 is 0 Å². The van der Waals surface area contributed by atoms with Gasteiger partial charge < -0.3 is 11.5 Å². The van der Waals surface area contributed by atoms with Crippen LogP contribution >= 0.6 is 43.2 Å². The average Bonchev–Trinajstić information content (AvgIpc) is 2.93. The molecule has 1 fully saturated rings. The van der Waals surface area contributed by atoms with Crippen LogP contribution in [0, 0.1) is 5.92 Å². The molecule has 0 unspecified atom stereocenters. The Hall–Kier alpha value is 0.580. The van der Waals surface area contributed by atoms with Gasteiger partial charge in [-0.2, -0.15) is 0 Å². The van der Waals surface area contributed by atoms with Gasteiger partial charge in [-0.3, -0.25) is 0 Å². The number of nitrogens with two attached hydrogens (primary N) is 2. The molecular weight excluding hydrogens is 328 g/mol. The van der Waals surface area contributed by atoms with Crippen LogP contribution in [0.1, 0.15) is 23.8 Å². The molecule has 0 radical (unpaired) electrons. The summed E-state index contributed by atoms with van der Waals surface area (Å²) in [6.45, 7) is 0. The molecule has 1 aliphatic carbocycles. The van der Waals surface area contributed by atoms with E-state index in [-0.39, 0.29) is 12.1 Å². The zero-order valence-corrected chi connectivity index (χ0v) is 11.5. The Morgan fingerprint density at radius 2 is 2.00 bits per heavy atom. The molecule has 14 heavy (non-hydrogen) atoms. The van der Waals surface area contributed by atoms with Crippen LogP contribution in [0.25, 0.3) is 0 Å². The molecule has 1 aromatic heterocycles. The minimum atomic E-state index is -0.0184. The second kappa shape index (κ2) is 4.22. The summed E-state index contributed by atoms with van der Waals surface area (Å²) in [5.74, 6) is 0.643. The van der Waals surface area contributed by atoms with E-state index in [0.717, 1.165) is 13.1 Å². The Bertz CT molecular complexity index is 316. The van der Waals surface area contributed by atoms with Gasteiger partial charge in [-0.1, -0.05) is 0 Å². The van der Waals surface area contributed by atoms with Gasteiger partial charge in [0, 0.05) is 15.4 Å². The second-order valence-electron chi connectivity index (χ2n) is 3.71. The summed E-state index contributed by atoms with van der Waals surface area (Å²) in [6.07, 6.45) is 2.48. The fourth-order valence-electron chi connectivity index (χ4n) is 1.49. The lowest BCUT2D eigenvalue weighted by molar-refractivity contribution is 0.499. The lowest BCUT2D eigenvalue weighted by Crippen LogP contribution is -2.35. The molecule has 0 spiro atoms. The van der Waals surface area contributed by atoms with Gasteiger partial charge in [0.05, 0.1) is 9.83 Å². The molecule has 1 saturated carbocycles. The summed E-state index contributed by atoms with van der Waals surface area (Å²) in [5.41, 5.74) is 12.2. The third-order valence-corrected chi connectivity index (χ3v) is 5.93. The van der Waals surface area contributed by atoms with Crippen LogP contribution < -0.4 is 11.5 Å². The largest absolute Gasteiger partial charge is 0.326 e. The van der Waals surface area contributed by atoms with E-state index in [1.165, 1.54) is 12.8 Å². The van der Waals surface area contributed by atoms with Crippen molar-refractivity contribution in [3.63, 3.8) is 0 Å². The van der Waals surface area contributed by atoms with Crippen LogP contribution in [0.4, 0.5) is 0 Å². The first-order chi connectivity index (χ1) is 6.59. The predicted molar refractivity (Wildman–Crippen MR) is 67.3 cm³/mol. The highest BCUT2D eigenvalue weighted by atomic mass is 79.9. The smallest absolute Gasteiger partial charge is 0.0843 e. The molecule has 4 N–H and O–H groups in total. The minimum absolute atomic E-state index is 0.0184. The van der Waals surface area contributed by atoms with Gasteiger partial charge in [-0.15, -0.1) is 11.3 Å². The Morgan fingerprint density at radius 3 is 2.43 bits per heavy atom. The van der Waals surface area contributed by atoms with E-state index in [2.05, 4.69) is 37.9 Å². The zero-order chi connectivity index (χ0) is 10.3. The van der Waals surface area contributed by atoms with Crippen molar-refractivity contribution in [1.82, 2.24) is 0 Å². The van der Waals surface area contributed by atoms with Crippen LogP contribution in [0.5, 0.6) is 0 Å². The monoisotopic (exact) mass is 338 g/mol. The van der Waals surface area contributed by atoms with Crippen molar-refractivity contribution in [2.45, 2.75) is 24.9 Å². The van der Waals surface area contributed by atoms with Gasteiger partial charge in [0.1, 0.15) is 0 Å². The highest BCUT2D eigenvalue weighted by Crippen LogP contribution is 2.40. The molecule has 1 heterocycles. The molecule has 2 nitrogen and oxygen atoms in total. The summed E-state index contributed by atoms with van der Waals surface area (Å²) in [7, 11) is 0.